The van der Waals surface area contributed by atoms with Crippen molar-refractivity contribution < 1.29 is 14.4 Å². The molecule has 23 heavy (non-hydrogen) atoms. The van der Waals surface area contributed by atoms with Gasteiger partial charge in [0, 0.05) is 35.8 Å². The van der Waals surface area contributed by atoms with Crippen molar-refractivity contribution in [1.82, 2.24) is 4.90 Å². The molecule has 6 nitrogen and oxygen atoms in total. The van der Waals surface area contributed by atoms with Gasteiger partial charge in [0.2, 0.25) is 0 Å². The summed E-state index contributed by atoms with van der Waals surface area (Å²) in [6, 6.07) is 2.00. The van der Waals surface area contributed by atoms with Gasteiger partial charge < -0.3 is 14.4 Å². The van der Waals surface area contributed by atoms with Crippen molar-refractivity contribution in [3.05, 3.63) is 31.8 Å². The van der Waals surface area contributed by atoms with Crippen molar-refractivity contribution in [3.63, 3.8) is 0 Å². The van der Waals surface area contributed by atoms with E-state index in [-0.39, 0.29) is 10.6 Å². The zero-order chi connectivity index (χ0) is 17.0. The second kappa shape index (κ2) is 8.08. The van der Waals surface area contributed by atoms with Crippen molar-refractivity contribution >= 4 is 21.6 Å². The highest BCUT2D eigenvalue weighted by atomic mass is 79.9. The largest absolute Gasteiger partial charge is 0.490 e. The summed E-state index contributed by atoms with van der Waals surface area (Å²) in [5, 5.41) is 11.3. The monoisotopic (exact) mass is 386 g/mol. The summed E-state index contributed by atoms with van der Waals surface area (Å²) in [6.07, 6.45) is 3.64. The molecule has 0 heterocycles. The first-order chi connectivity index (χ1) is 11.0. The maximum atomic E-state index is 11.3. The number of rotatable bonds is 6. The third-order valence-electron chi connectivity index (χ3n) is 4.55. The molecule has 0 radical (unpaired) electrons. The minimum atomic E-state index is -0.378. The fraction of sp³-hybridized carbons (Fsp3) is 0.625. The molecular weight excluding hydrogens is 364 g/mol. The van der Waals surface area contributed by atoms with Crippen molar-refractivity contribution in [1.29, 1.82) is 0 Å². The van der Waals surface area contributed by atoms with Crippen LogP contribution in [-0.4, -0.2) is 50.3 Å². The Morgan fingerprint density at radius 1 is 1.35 bits per heavy atom. The number of nitro groups is 1. The molecule has 1 unspecified atom stereocenters. The average Bonchev–Trinajstić information content (AvgIpc) is 2.76. The molecule has 2 rings (SSSR count). The van der Waals surface area contributed by atoms with Gasteiger partial charge in [0.15, 0.2) is 5.75 Å². The quantitative estimate of drug-likeness (QED) is 0.426. The van der Waals surface area contributed by atoms with Crippen LogP contribution in [0.5, 0.6) is 5.75 Å². The van der Waals surface area contributed by atoms with Crippen LogP contribution in [0, 0.1) is 10.1 Å². The Bertz CT molecular complexity index is 580. The molecule has 1 aromatic rings. The van der Waals surface area contributed by atoms with Gasteiger partial charge in [-0.15, -0.1) is 0 Å². The Morgan fingerprint density at radius 3 is 2.57 bits per heavy atom. The predicted molar refractivity (Wildman–Crippen MR) is 92.3 cm³/mol. The molecule has 1 aliphatic rings. The van der Waals surface area contributed by atoms with E-state index in [0.29, 0.717) is 18.4 Å². The van der Waals surface area contributed by atoms with Crippen LogP contribution in [0.25, 0.3) is 0 Å². The molecule has 1 aromatic carbocycles. The van der Waals surface area contributed by atoms with Gasteiger partial charge in [-0.3, -0.25) is 10.1 Å². The van der Waals surface area contributed by atoms with E-state index in [1.165, 1.54) is 7.11 Å². The Hall–Kier alpha value is -1.18. The summed E-state index contributed by atoms with van der Waals surface area (Å²) in [7, 11) is 5.32. The second-order valence-electron chi connectivity index (χ2n) is 5.83. The summed E-state index contributed by atoms with van der Waals surface area (Å²) >= 11 is 3.50. The summed E-state index contributed by atoms with van der Waals surface area (Å²) < 4.78 is 11.3. The van der Waals surface area contributed by atoms with Crippen LogP contribution in [-0.2, 0) is 17.6 Å². The minimum absolute atomic E-state index is 0.0318. The summed E-state index contributed by atoms with van der Waals surface area (Å²) in [6.45, 7) is 1.59. The molecule has 1 aliphatic carbocycles. The number of halogens is 1. The smallest absolute Gasteiger partial charge is 0.312 e. The van der Waals surface area contributed by atoms with Gasteiger partial charge in [-0.1, -0.05) is 15.9 Å². The highest BCUT2D eigenvalue weighted by Crippen LogP contribution is 2.41. The number of hydrogen-bond acceptors (Lipinski definition) is 5. The first-order valence-electron chi connectivity index (χ1n) is 7.71. The molecule has 0 bridgehead atoms. The van der Waals surface area contributed by atoms with E-state index < -0.39 is 0 Å². The van der Waals surface area contributed by atoms with Gasteiger partial charge in [-0.25, -0.2) is 0 Å². The van der Waals surface area contributed by atoms with Crippen LogP contribution in [0.15, 0.2) is 10.5 Å². The number of methoxy groups -OCH3 is 2. The molecule has 0 fully saturated rings. The zero-order valence-electron chi connectivity index (χ0n) is 13.8. The van der Waals surface area contributed by atoms with Crippen LogP contribution in [0.3, 0.4) is 0 Å². The Labute approximate surface area is 145 Å². The lowest BCUT2D eigenvalue weighted by Crippen LogP contribution is -2.34. The molecule has 0 saturated carbocycles. The van der Waals surface area contributed by atoms with Crippen LogP contribution in [0.1, 0.15) is 24.0 Å². The number of likely N-dealkylation sites (N-methyl/N-ethyl adjacent to an activating group) is 1. The second-order valence-corrected chi connectivity index (χ2v) is 6.68. The standard InChI is InChI=1S/C16H23BrN2O4/c1-18(8-9-22-2)11-4-6-12-13(7-5-11)16(23-3)15(19(20)21)10-14(12)17/h10-11H,4-9H2,1-3H3. The molecular formula is C16H23BrN2O4. The maximum Gasteiger partial charge on any atom is 0.312 e. The van der Waals surface area contributed by atoms with E-state index in [1.54, 1.807) is 13.2 Å². The molecule has 0 N–H and O–H groups in total. The van der Waals surface area contributed by atoms with Crippen molar-refractivity contribution in [2.45, 2.75) is 31.7 Å². The lowest BCUT2D eigenvalue weighted by Gasteiger charge is -2.26. The molecule has 0 amide bonds. The van der Waals surface area contributed by atoms with E-state index in [1.807, 2.05) is 0 Å². The summed E-state index contributed by atoms with van der Waals surface area (Å²) in [4.78, 5) is 13.2. The SMILES string of the molecule is COCCN(C)C1CCc2c(Br)cc([N+](=O)[O-])c(OC)c2CC1. The number of ether oxygens (including phenoxy) is 2. The van der Waals surface area contributed by atoms with Crippen molar-refractivity contribution in [3.8, 4) is 5.75 Å². The highest BCUT2D eigenvalue weighted by Gasteiger charge is 2.28. The third kappa shape index (κ3) is 4.02. The Morgan fingerprint density at radius 2 is 2.00 bits per heavy atom. The fourth-order valence-corrected chi connectivity index (χ4v) is 3.89. The van der Waals surface area contributed by atoms with E-state index in [4.69, 9.17) is 9.47 Å². The first kappa shape index (κ1) is 18.2. The molecule has 128 valence electrons. The lowest BCUT2D eigenvalue weighted by atomic mass is 10.0. The van der Waals surface area contributed by atoms with Crippen LogP contribution in [0.2, 0.25) is 0 Å². The fourth-order valence-electron chi connectivity index (χ4n) is 3.23. The Balaban J connectivity index is 2.28. The minimum Gasteiger partial charge on any atom is -0.490 e. The van der Waals surface area contributed by atoms with Crippen LogP contribution < -0.4 is 4.74 Å². The number of nitrogens with zero attached hydrogens (tertiary/aromatic N) is 2. The van der Waals surface area contributed by atoms with Gasteiger partial charge in [0.25, 0.3) is 0 Å². The summed E-state index contributed by atoms with van der Waals surface area (Å²) in [5.74, 6) is 0.411. The molecule has 0 aromatic heterocycles. The molecule has 0 aliphatic heterocycles. The molecule has 7 heteroatoms. The van der Waals surface area contributed by atoms with E-state index in [9.17, 15) is 10.1 Å². The van der Waals surface area contributed by atoms with Gasteiger partial charge in [0.05, 0.1) is 18.6 Å². The lowest BCUT2D eigenvalue weighted by molar-refractivity contribution is -0.385. The zero-order valence-corrected chi connectivity index (χ0v) is 15.4. The van der Waals surface area contributed by atoms with Gasteiger partial charge in [-0.05, 0) is 38.3 Å². The molecule has 0 saturated heterocycles. The predicted octanol–water partition coefficient (Wildman–Crippen LogP) is 3.19. The van der Waals surface area contributed by atoms with Gasteiger partial charge in [-0.2, -0.15) is 0 Å². The number of nitro benzene ring substituents is 1. The summed E-state index contributed by atoms with van der Waals surface area (Å²) in [5.41, 5.74) is 2.13. The molecule has 1 atom stereocenters. The van der Waals surface area contributed by atoms with E-state index >= 15 is 0 Å². The Kier molecular flexibility index (Phi) is 6.38. The van der Waals surface area contributed by atoms with E-state index in [0.717, 1.165) is 47.8 Å². The normalized spacial score (nSPS) is 17.7. The number of benzene rings is 1. The third-order valence-corrected chi connectivity index (χ3v) is 5.26. The number of fused-ring (bicyclic) bond motifs is 1. The van der Waals surface area contributed by atoms with Crippen molar-refractivity contribution in [2.75, 3.05) is 34.4 Å². The van der Waals surface area contributed by atoms with Crippen LogP contribution >= 0.6 is 15.9 Å². The first-order valence-corrected chi connectivity index (χ1v) is 8.50. The maximum absolute atomic E-state index is 11.3. The van der Waals surface area contributed by atoms with Gasteiger partial charge >= 0.3 is 5.69 Å². The van der Waals surface area contributed by atoms with Crippen LogP contribution in [0.4, 0.5) is 5.69 Å². The topological polar surface area (TPSA) is 64.8 Å². The van der Waals surface area contributed by atoms with E-state index in [2.05, 4.69) is 27.9 Å². The highest BCUT2D eigenvalue weighted by molar-refractivity contribution is 9.10. The average molecular weight is 387 g/mol. The number of hydrogen-bond donors (Lipinski definition) is 0. The van der Waals surface area contributed by atoms with Crippen molar-refractivity contribution in [2.24, 2.45) is 0 Å². The van der Waals surface area contributed by atoms with Gasteiger partial charge in [0.1, 0.15) is 0 Å². The molecule has 0 spiro atoms.